The predicted octanol–water partition coefficient (Wildman–Crippen LogP) is 3.43. The highest BCUT2D eigenvalue weighted by Crippen LogP contribution is 2.38. The molecule has 0 fully saturated rings. The molecule has 0 radical (unpaired) electrons. The first-order valence-corrected chi connectivity index (χ1v) is 7.27. The highest BCUT2D eigenvalue weighted by molar-refractivity contribution is 6.33. The van der Waals surface area contributed by atoms with Gasteiger partial charge in [0.1, 0.15) is 11.4 Å². The number of para-hydroxylation sites is 1. The molecule has 0 amide bonds. The van der Waals surface area contributed by atoms with Gasteiger partial charge in [-0.05, 0) is 23.6 Å². The highest BCUT2D eigenvalue weighted by atomic mass is 35.5. The molecule has 1 aromatic rings. The molecule has 1 unspecified atom stereocenters. The van der Waals surface area contributed by atoms with Crippen molar-refractivity contribution in [1.82, 2.24) is 5.43 Å². The number of aromatic hydroxyl groups is 1. The first-order chi connectivity index (χ1) is 9.86. The van der Waals surface area contributed by atoms with E-state index < -0.39 is 0 Å². The fourth-order valence-corrected chi connectivity index (χ4v) is 2.66. The minimum absolute atomic E-state index is 0.00908. The average Bonchev–Trinajstić information content (AvgIpc) is 2.80. The van der Waals surface area contributed by atoms with Crippen molar-refractivity contribution < 1.29 is 5.11 Å². The lowest BCUT2D eigenvalue weighted by atomic mass is 9.86. The maximum absolute atomic E-state index is 10.6. The largest absolute Gasteiger partial charge is 0.505 e. The fraction of sp³-hybridized carbons (Fsp3) is 0.312. The molecule has 1 aliphatic heterocycles. The van der Waals surface area contributed by atoms with Crippen LogP contribution >= 0.6 is 11.6 Å². The molecule has 0 saturated carbocycles. The molecule has 5 heteroatoms. The van der Waals surface area contributed by atoms with Crippen LogP contribution in [0.25, 0.3) is 0 Å². The average molecular weight is 304 g/mol. The first kappa shape index (κ1) is 14.2. The van der Waals surface area contributed by atoms with Crippen molar-refractivity contribution in [2.75, 3.05) is 5.12 Å². The number of hydrogen-bond acceptors (Lipinski definition) is 4. The molecule has 2 aliphatic rings. The summed E-state index contributed by atoms with van der Waals surface area (Å²) in [4.78, 5) is 0. The van der Waals surface area contributed by atoms with Crippen molar-refractivity contribution in [2.24, 2.45) is 5.10 Å². The van der Waals surface area contributed by atoms with E-state index in [-0.39, 0.29) is 17.2 Å². The molecular weight excluding hydrogens is 286 g/mol. The summed E-state index contributed by atoms with van der Waals surface area (Å²) in [6.45, 7) is 6.21. The van der Waals surface area contributed by atoms with E-state index in [1.54, 1.807) is 5.12 Å². The number of fused-ring (bicyclic) bond motifs is 1. The second-order valence-corrected chi connectivity index (χ2v) is 6.69. The molecule has 110 valence electrons. The van der Waals surface area contributed by atoms with Crippen LogP contribution in [0, 0.1) is 0 Å². The summed E-state index contributed by atoms with van der Waals surface area (Å²) in [5.74, 6) is 0.250. The van der Waals surface area contributed by atoms with Crippen LogP contribution in [0.5, 0.6) is 5.75 Å². The van der Waals surface area contributed by atoms with E-state index in [9.17, 15) is 5.11 Å². The minimum Gasteiger partial charge on any atom is -0.505 e. The van der Waals surface area contributed by atoms with E-state index in [2.05, 4.69) is 31.3 Å². The number of hydrazine groups is 1. The Labute approximate surface area is 129 Å². The summed E-state index contributed by atoms with van der Waals surface area (Å²) in [7, 11) is 0. The Morgan fingerprint density at radius 1 is 1.33 bits per heavy atom. The Bertz CT molecular complexity index is 671. The zero-order valence-corrected chi connectivity index (χ0v) is 13.0. The summed E-state index contributed by atoms with van der Waals surface area (Å²) in [5.41, 5.74) is 5.46. The smallest absolute Gasteiger partial charge is 0.146 e. The Kier molecular flexibility index (Phi) is 3.30. The van der Waals surface area contributed by atoms with Gasteiger partial charge in [-0.2, -0.15) is 15.6 Å². The molecule has 0 bridgehead atoms. The summed E-state index contributed by atoms with van der Waals surface area (Å²) >= 11 is 5.99. The number of phenolic OH excluding ortho intramolecular Hbond substituents is 1. The zero-order valence-electron chi connectivity index (χ0n) is 12.3. The predicted molar refractivity (Wildman–Crippen MR) is 86.7 cm³/mol. The van der Waals surface area contributed by atoms with Gasteiger partial charge in [-0.25, -0.2) is 0 Å². The number of allylic oxidation sites excluding steroid dienone is 2. The molecule has 2 N–H and O–H groups in total. The molecule has 0 spiro atoms. The second kappa shape index (κ2) is 4.90. The van der Waals surface area contributed by atoms with E-state index in [4.69, 9.17) is 11.6 Å². The maximum Gasteiger partial charge on any atom is 0.146 e. The van der Waals surface area contributed by atoms with Gasteiger partial charge in [0.25, 0.3) is 0 Å². The van der Waals surface area contributed by atoms with Gasteiger partial charge in [-0.15, -0.1) is 0 Å². The van der Waals surface area contributed by atoms with Crippen LogP contribution < -0.4 is 10.5 Å². The molecule has 1 aromatic carbocycles. The number of nitrogens with zero attached hydrogens (tertiary/aromatic N) is 2. The molecule has 1 aliphatic carbocycles. The number of halogens is 1. The van der Waals surface area contributed by atoms with E-state index in [1.807, 2.05) is 36.4 Å². The van der Waals surface area contributed by atoms with Gasteiger partial charge in [0.15, 0.2) is 0 Å². The molecule has 4 nitrogen and oxygen atoms in total. The number of hydrogen-bond donors (Lipinski definition) is 2. The normalized spacial score (nSPS) is 21.1. The quantitative estimate of drug-likeness (QED) is 0.835. The van der Waals surface area contributed by atoms with Crippen molar-refractivity contribution in [3.63, 3.8) is 0 Å². The van der Waals surface area contributed by atoms with Gasteiger partial charge in [0.2, 0.25) is 0 Å². The van der Waals surface area contributed by atoms with Crippen molar-refractivity contribution in [1.29, 1.82) is 0 Å². The number of benzene rings is 1. The number of phenols is 1. The summed E-state index contributed by atoms with van der Waals surface area (Å²) in [5, 5.41) is 17.3. The molecule has 1 heterocycles. The molecule has 3 rings (SSSR count). The van der Waals surface area contributed by atoms with Gasteiger partial charge < -0.3 is 5.11 Å². The lowest BCUT2D eigenvalue weighted by Gasteiger charge is -2.24. The van der Waals surface area contributed by atoms with Gasteiger partial charge >= 0.3 is 0 Å². The van der Waals surface area contributed by atoms with Crippen molar-refractivity contribution >= 4 is 23.0 Å². The number of hydrazone groups is 1. The topological polar surface area (TPSA) is 47.9 Å². The third-order valence-electron chi connectivity index (χ3n) is 3.58. The van der Waals surface area contributed by atoms with E-state index >= 15 is 0 Å². The van der Waals surface area contributed by atoms with Crippen molar-refractivity contribution in [3.8, 4) is 5.75 Å². The van der Waals surface area contributed by atoms with E-state index in [1.165, 1.54) is 0 Å². The maximum atomic E-state index is 10.6. The van der Waals surface area contributed by atoms with Crippen LogP contribution in [0.1, 0.15) is 26.3 Å². The highest BCUT2D eigenvalue weighted by Gasteiger charge is 2.29. The molecule has 0 saturated heterocycles. The molecular formula is C16H18ClN3O. The van der Waals surface area contributed by atoms with Crippen LogP contribution in [0.15, 0.2) is 46.6 Å². The first-order valence-electron chi connectivity index (χ1n) is 6.89. The third kappa shape index (κ3) is 2.57. The third-order valence-corrected chi connectivity index (χ3v) is 3.82. The van der Waals surface area contributed by atoms with Crippen LogP contribution in [0.2, 0.25) is 0 Å². The molecule has 1 atom stereocenters. The zero-order chi connectivity index (χ0) is 15.2. The minimum atomic E-state index is -0.136. The number of nitrogens with one attached hydrogen (secondary N) is 1. The van der Waals surface area contributed by atoms with Gasteiger partial charge in [-0.1, -0.05) is 50.6 Å². The molecule has 21 heavy (non-hydrogen) atoms. The van der Waals surface area contributed by atoms with Crippen molar-refractivity contribution in [2.45, 2.75) is 32.2 Å². The Hall–Kier alpha value is -1.78. The second-order valence-electron chi connectivity index (χ2n) is 6.26. The van der Waals surface area contributed by atoms with Crippen LogP contribution in [-0.2, 0) is 5.41 Å². The number of anilines is 1. The Morgan fingerprint density at radius 2 is 2.10 bits per heavy atom. The summed E-state index contributed by atoms with van der Waals surface area (Å²) in [6, 6.07) is 5.70. The van der Waals surface area contributed by atoms with Gasteiger partial charge in [-0.3, -0.25) is 0 Å². The Balaban J connectivity index is 1.99. The number of rotatable bonds is 1. The van der Waals surface area contributed by atoms with Crippen molar-refractivity contribution in [3.05, 3.63) is 47.0 Å². The van der Waals surface area contributed by atoms with Crippen LogP contribution in [-0.4, -0.2) is 16.9 Å². The monoisotopic (exact) mass is 303 g/mol. The van der Waals surface area contributed by atoms with E-state index in [0.717, 1.165) is 11.3 Å². The standard InChI is InChI=1S/C16H18ClN3O/c1-16(2,3)11-5-4-6-14(15(11)21)20-18-12-8-7-10(17)9-13(12)19-20/h4-9,12,18,21H,1-3H3. The lowest BCUT2D eigenvalue weighted by Crippen LogP contribution is -2.37. The van der Waals surface area contributed by atoms with Gasteiger partial charge in [0.05, 0.1) is 11.8 Å². The van der Waals surface area contributed by atoms with Crippen LogP contribution in [0.3, 0.4) is 0 Å². The fourth-order valence-electron chi connectivity index (χ4n) is 2.47. The SMILES string of the molecule is CC(C)(C)c1cccc(N2N=C3C=C(Cl)C=CC3N2)c1O. The van der Waals surface area contributed by atoms with Gasteiger partial charge in [0, 0.05) is 10.6 Å². The summed E-state index contributed by atoms with van der Waals surface area (Å²) < 4.78 is 0. The van der Waals surface area contributed by atoms with Crippen LogP contribution in [0.4, 0.5) is 5.69 Å². The van der Waals surface area contributed by atoms with E-state index in [0.29, 0.717) is 10.7 Å². The lowest BCUT2D eigenvalue weighted by molar-refractivity contribution is 0.444. The molecule has 0 aromatic heterocycles. The summed E-state index contributed by atoms with van der Waals surface area (Å²) in [6.07, 6.45) is 5.61. The Morgan fingerprint density at radius 3 is 2.81 bits per heavy atom.